The first kappa shape index (κ1) is 15.7. The van der Waals surface area contributed by atoms with Crippen LogP contribution in [-0.4, -0.2) is 16.6 Å². The Labute approximate surface area is 116 Å². The number of esters is 1. The highest BCUT2D eigenvalue weighted by Gasteiger charge is 2.15. The van der Waals surface area contributed by atoms with Gasteiger partial charge in [0.1, 0.15) is 5.60 Å². The second kappa shape index (κ2) is 7.93. The van der Waals surface area contributed by atoms with E-state index in [4.69, 9.17) is 4.74 Å². The van der Waals surface area contributed by atoms with Gasteiger partial charge in [-0.25, -0.2) is 0 Å². The Morgan fingerprint density at radius 2 is 1.74 bits per heavy atom. The SMILES string of the molecule is CC(C)(C)OC(=O)CCCCCCc1ccncc1. The maximum absolute atomic E-state index is 11.5. The average molecular weight is 263 g/mol. The first-order valence-corrected chi connectivity index (χ1v) is 7.08. The molecule has 0 saturated heterocycles. The first-order valence-electron chi connectivity index (χ1n) is 7.08. The van der Waals surface area contributed by atoms with Crippen LogP contribution in [0.2, 0.25) is 0 Å². The molecule has 0 aliphatic heterocycles. The molecule has 0 N–H and O–H groups in total. The minimum atomic E-state index is -0.363. The summed E-state index contributed by atoms with van der Waals surface area (Å²) < 4.78 is 5.27. The van der Waals surface area contributed by atoms with Crippen molar-refractivity contribution in [2.45, 2.75) is 64.9 Å². The summed E-state index contributed by atoms with van der Waals surface area (Å²) in [5.74, 6) is -0.0818. The zero-order chi connectivity index (χ0) is 14.1. The largest absolute Gasteiger partial charge is 0.460 e. The summed E-state index contributed by atoms with van der Waals surface area (Å²) >= 11 is 0. The van der Waals surface area contributed by atoms with Crippen LogP contribution < -0.4 is 0 Å². The van der Waals surface area contributed by atoms with E-state index in [1.165, 1.54) is 12.0 Å². The Morgan fingerprint density at radius 1 is 1.11 bits per heavy atom. The monoisotopic (exact) mass is 263 g/mol. The number of carbonyl (C=O) groups excluding carboxylic acids is 1. The van der Waals surface area contributed by atoms with Crippen molar-refractivity contribution in [2.75, 3.05) is 0 Å². The van der Waals surface area contributed by atoms with Crippen LogP contribution >= 0.6 is 0 Å². The average Bonchev–Trinajstić information content (AvgIpc) is 2.32. The van der Waals surface area contributed by atoms with E-state index in [-0.39, 0.29) is 11.6 Å². The quantitative estimate of drug-likeness (QED) is 0.553. The summed E-state index contributed by atoms with van der Waals surface area (Å²) in [6.07, 6.45) is 9.62. The van der Waals surface area contributed by atoms with E-state index < -0.39 is 0 Å². The molecule has 0 aromatic carbocycles. The van der Waals surface area contributed by atoms with Gasteiger partial charge in [-0.2, -0.15) is 0 Å². The zero-order valence-corrected chi connectivity index (χ0v) is 12.3. The number of hydrogen-bond donors (Lipinski definition) is 0. The molecule has 106 valence electrons. The maximum Gasteiger partial charge on any atom is 0.306 e. The van der Waals surface area contributed by atoms with Gasteiger partial charge in [0.15, 0.2) is 0 Å². The number of aromatic nitrogens is 1. The topological polar surface area (TPSA) is 39.2 Å². The highest BCUT2D eigenvalue weighted by Crippen LogP contribution is 2.12. The predicted octanol–water partition coefficient (Wildman–Crippen LogP) is 3.92. The molecular weight excluding hydrogens is 238 g/mol. The first-order chi connectivity index (χ1) is 8.97. The number of rotatable bonds is 7. The van der Waals surface area contributed by atoms with Crippen molar-refractivity contribution in [3.8, 4) is 0 Å². The van der Waals surface area contributed by atoms with E-state index in [9.17, 15) is 4.79 Å². The molecule has 1 aromatic heterocycles. The smallest absolute Gasteiger partial charge is 0.306 e. The maximum atomic E-state index is 11.5. The van der Waals surface area contributed by atoms with Crippen molar-refractivity contribution >= 4 is 5.97 Å². The fourth-order valence-electron chi connectivity index (χ4n) is 1.89. The van der Waals surface area contributed by atoms with Crippen LogP contribution in [0.3, 0.4) is 0 Å². The molecule has 0 fully saturated rings. The molecule has 0 aliphatic carbocycles. The van der Waals surface area contributed by atoms with Gasteiger partial charge in [-0.15, -0.1) is 0 Å². The van der Waals surface area contributed by atoms with E-state index in [1.54, 1.807) is 0 Å². The normalized spacial score (nSPS) is 11.3. The van der Waals surface area contributed by atoms with Crippen molar-refractivity contribution in [3.05, 3.63) is 30.1 Å². The molecule has 3 heteroatoms. The van der Waals surface area contributed by atoms with Crippen LogP contribution in [0.1, 0.15) is 58.4 Å². The van der Waals surface area contributed by atoms with Crippen LogP contribution in [-0.2, 0) is 16.0 Å². The number of hydrogen-bond acceptors (Lipinski definition) is 3. The van der Waals surface area contributed by atoms with Crippen LogP contribution in [0.15, 0.2) is 24.5 Å². The summed E-state index contributed by atoms with van der Waals surface area (Å²) in [6, 6.07) is 4.11. The Kier molecular flexibility index (Phi) is 6.54. The molecule has 3 nitrogen and oxygen atoms in total. The molecular formula is C16H25NO2. The summed E-state index contributed by atoms with van der Waals surface area (Å²) in [5.41, 5.74) is 0.973. The summed E-state index contributed by atoms with van der Waals surface area (Å²) in [6.45, 7) is 5.71. The second-order valence-electron chi connectivity index (χ2n) is 5.86. The van der Waals surface area contributed by atoms with Gasteiger partial charge in [-0.05, 0) is 57.7 Å². The van der Waals surface area contributed by atoms with Gasteiger partial charge < -0.3 is 4.74 Å². The van der Waals surface area contributed by atoms with E-state index in [0.29, 0.717) is 6.42 Å². The van der Waals surface area contributed by atoms with Gasteiger partial charge >= 0.3 is 5.97 Å². The Balaban J connectivity index is 2.01. The number of carbonyl (C=O) groups is 1. The third-order valence-corrected chi connectivity index (χ3v) is 2.77. The van der Waals surface area contributed by atoms with Crippen molar-refractivity contribution in [3.63, 3.8) is 0 Å². The van der Waals surface area contributed by atoms with Crippen LogP contribution in [0, 0.1) is 0 Å². The molecule has 19 heavy (non-hydrogen) atoms. The molecule has 0 spiro atoms. The molecule has 0 amide bonds. The van der Waals surface area contributed by atoms with Crippen molar-refractivity contribution in [1.82, 2.24) is 4.98 Å². The fourth-order valence-corrected chi connectivity index (χ4v) is 1.89. The molecule has 1 rings (SSSR count). The van der Waals surface area contributed by atoms with E-state index in [2.05, 4.69) is 17.1 Å². The number of pyridine rings is 1. The highest BCUT2D eigenvalue weighted by molar-refractivity contribution is 5.69. The molecule has 1 aromatic rings. The molecule has 1 heterocycles. The number of ether oxygens (including phenoxy) is 1. The molecule has 0 saturated carbocycles. The third kappa shape index (κ3) is 8.36. The summed E-state index contributed by atoms with van der Waals surface area (Å²) in [5, 5.41) is 0. The van der Waals surface area contributed by atoms with Crippen LogP contribution in [0.5, 0.6) is 0 Å². The highest BCUT2D eigenvalue weighted by atomic mass is 16.6. The molecule has 0 bridgehead atoms. The minimum absolute atomic E-state index is 0.0818. The zero-order valence-electron chi connectivity index (χ0n) is 12.3. The number of unbranched alkanes of at least 4 members (excludes halogenated alkanes) is 3. The third-order valence-electron chi connectivity index (χ3n) is 2.77. The van der Waals surface area contributed by atoms with Gasteiger partial charge in [0, 0.05) is 18.8 Å². The lowest BCUT2D eigenvalue weighted by Gasteiger charge is -2.19. The molecule has 0 aliphatic rings. The molecule has 0 atom stereocenters. The van der Waals surface area contributed by atoms with Gasteiger partial charge in [0.25, 0.3) is 0 Å². The number of nitrogens with zero attached hydrogens (tertiary/aromatic N) is 1. The molecule has 0 unspecified atom stereocenters. The van der Waals surface area contributed by atoms with Gasteiger partial charge in [0.05, 0.1) is 0 Å². The van der Waals surface area contributed by atoms with E-state index >= 15 is 0 Å². The van der Waals surface area contributed by atoms with Gasteiger partial charge in [-0.1, -0.05) is 12.8 Å². The summed E-state index contributed by atoms with van der Waals surface area (Å²) in [7, 11) is 0. The van der Waals surface area contributed by atoms with Gasteiger partial charge in [-0.3, -0.25) is 9.78 Å². The Hall–Kier alpha value is -1.38. The predicted molar refractivity (Wildman–Crippen MR) is 76.9 cm³/mol. The Morgan fingerprint density at radius 3 is 2.37 bits per heavy atom. The molecule has 0 radical (unpaired) electrons. The second-order valence-corrected chi connectivity index (χ2v) is 5.86. The van der Waals surface area contributed by atoms with Crippen LogP contribution in [0.4, 0.5) is 0 Å². The lowest BCUT2D eigenvalue weighted by atomic mass is 10.1. The van der Waals surface area contributed by atoms with Crippen molar-refractivity contribution in [2.24, 2.45) is 0 Å². The summed E-state index contributed by atoms with van der Waals surface area (Å²) in [4.78, 5) is 15.5. The van der Waals surface area contributed by atoms with Gasteiger partial charge in [0.2, 0.25) is 0 Å². The Bertz CT molecular complexity index is 368. The standard InChI is InChI=1S/C16H25NO2/c1-16(2,3)19-15(18)9-7-5-4-6-8-14-10-12-17-13-11-14/h10-13H,4-9H2,1-3H3. The van der Waals surface area contributed by atoms with E-state index in [1.807, 2.05) is 33.2 Å². The van der Waals surface area contributed by atoms with E-state index in [0.717, 1.165) is 25.7 Å². The lowest BCUT2D eigenvalue weighted by molar-refractivity contribution is -0.154. The minimum Gasteiger partial charge on any atom is -0.460 e. The number of aryl methyl sites for hydroxylation is 1. The lowest BCUT2D eigenvalue weighted by Crippen LogP contribution is -2.23. The fraction of sp³-hybridized carbons (Fsp3) is 0.625. The van der Waals surface area contributed by atoms with Crippen LogP contribution in [0.25, 0.3) is 0 Å². The van der Waals surface area contributed by atoms with Crippen molar-refractivity contribution in [1.29, 1.82) is 0 Å². The van der Waals surface area contributed by atoms with Crippen molar-refractivity contribution < 1.29 is 9.53 Å².